The molecule has 5 heteroatoms. The van der Waals surface area contributed by atoms with Gasteiger partial charge in [0.2, 0.25) is 11.8 Å². The van der Waals surface area contributed by atoms with Crippen LogP contribution in [0.2, 0.25) is 0 Å². The van der Waals surface area contributed by atoms with Crippen LogP contribution in [0.15, 0.2) is 53.0 Å². The third-order valence-corrected chi connectivity index (χ3v) is 5.40. The molecule has 4 nitrogen and oxygen atoms in total. The number of hydrogen-bond donors (Lipinski definition) is 1. The zero-order valence-corrected chi connectivity index (χ0v) is 18.6. The van der Waals surface area contributed by atoms with Gasteiger partial charge in [-0.2, -0.15) is 0 Å². The van der Waals surface area contributed by atoms with E-state index in [-0.39, 0.29) is 24.3 Å². The summed E-state index contributed by atoms with van der Waals surface area (Å²) in [5, 5.41) is 2.99. The van der Waals surface area contributed by atoms with Crippen molar-refractivity contribution in [1.29, 1.82) is 0 Å². The first kappa shape index (κ1) is 22.2. The summed E-state index contributed by atoms with van der Waals surface area (Å²) in [7, 11) is 0. The van der Waals surface area contributed by atoms with E-state index in [0.29, 0.717) is 6.54 Å². The maximum atomic E-state index is 13.1. The Morgan fingerprint density at radius 1 is 1.07 bits per heavy atom. The van der Waals surface area contributed by atoms with Crippen molar-refractivity contribution in [3.63, 3.8) is 0 Å². The minimum Gasteiger partial charge on any atom is -0.352 e. The van der Waals surface area contributed by atoms with E-state index in [9.17, 15) is 9.59 Å². The molecule has 2 amide bonds. The highest BCUT2D eigenvalue weighted by molar-refractivity contribution is 9.10. The molecule has 2 atom stereocenters. The number of aryl methyl sites for hydroxylation is 1. The Balaban J connectivity index is 2.22. The smallest absolute Gasteiger partial charge is 0.242 e. The molecular formula is C23H29BrN2O2. The molecule has 0 spiro atoms. The average Bonchev–Trinajstić information content (AvgIpc) is 2.66. The molecular weight excluding hydrogens is 416 g/mol. The Morgan fingerprint density at radius 3 is 2.36 bits per heavy atom. The molecule has 2 rings (SSSR count). The molecule has 0 aromatic heterocycles. The second-order valence-electron chi connectivity index (χ2n) is 7.31. The number of rotatable bonds is 8. The number of hydrogen-bond acceptors (Lipinski definition) is 2. The van der Waals surface area contributed by atoms with Crippen molar-refractivity contribution in [2.75, 3.05) is 0 Å². The number of amides is 2. The molecule has 1 N–H and O–H groups in total. The number of carbonyl (C=O) groups excluding carboxylic acids is 2. The fraction of sp³-hybridized carbons (Fsp3) is 0.391. The van der Waals surface area contributed by atoms with Gasteiger partial charge in [-0.3, -0.25) is 9.59 Å². The highest BCUT2D eigenvalue weighted by atomic mass is 79.9. The van der Waals surface area contributed by atoms with E-state index < -0.39 is 6.04 Å². The summed E-state index contributed by atoms with van der Waals surface area (Å²) in [5.41, 5.74) is 3.07. The predicted octanol–water partition coefficient (Wildman–Crippen LogP) is 4.63. The van der Waals surface area contributed by atoms with Gasteiger partial charge in [0.25, 0.3) is 0 Å². The van der Waals surface area contributed by atoms with Crippen LogP contribution < -0.4 is 5.32 Å². The first-order chi connectivity index (χ1) is 13.3. The molecule has 0 radical (unpaired) electrons. The Morgan fingerprint density at radius 2 is 1.75 bits per heavy atom. The van der Waals surface area contributed by atoms with E-state index in [4.69, 9.17) is 0 Å². The minimum atomic E-state index is -0.546. The topological polar surface area (TPSA) is 49.4 Å². The van der Waals surface area contributed by atoms with Crippen LogP contribution in [0, 0.1) is 6.92 Å². The SMILES string of the molecule is CCC(C)NC(=O)C(C)N(Cc1ccc(Br)cc1)C(=O)Cc1cccc(C)c1. The highest BCUT2D eigenvalue weighted by Gasteiger charge is 2.26. The third-order valence-electron chi connectivity index (χ3n) is 4.87. The fourth-order valence-electron chi connectivity index (χ4n) is 2.93. The van der Waals surface area contributed by atoms with Gasteiger partial charge in [-0.25, -0.2) is 0 Å². The van der Waals surface area contributed by atoms with Crippen LogP contribution in [0.25, 0.3) is 0 Å². The van der Waals surface area contributed by atoms with Crippen molar-refractivity contribution in [2.24, 2.45) is 0 Å². The van der Waals surface area contributed by atoms with Gasteiger partial charge in [0.15, 0.2) is 0 Å². The highest BCUT2D eigenvalue weighted by Crippen LogP contribution is 2.16. The molecule has 0 fully saturated rings. The summed E-state index contributed by atoms with van der Waals surface area (Å²) >= 11 is 3.43. The van der Waals surface area contributed by atoms with Gasteiger partial charge < -0.3 is 10.2 Å². The summed E-state index contributed by atoms with van der Waals surface area (Å²) in [4.78, 5) is 27.5. The second-order valence-corrected chi connectivity index (χ2v) is 8.22. The number of nitrogens with zero attached hydrogens (tertiary/aromatic N) is 1. The summed E-state index contributed by atoms with van der Waals surface area (Å²) in [6, 6.07) is 15.3. The lowest BCUT2D eigenvalue weighted by Gasteiger charge is -2.30. The normalized spacial score (nSPS) is 12.9. The quantitative estimate of drug-likeness (QED) is 0.644. The zero-order chi connectivity index (χ0) is 20.7. The number of halogens is 1. The van der Waals surface area contributed by atoms with E-state index >= 15 is 0 Å². The lowest BCUT2D eigenvalue weighted by atomic mass is 10.1. The first-order valence-corrected chi connectivity index (χ1v) is 10.5. The molecule has 0 aliphatic heterocycles. The Hall–Kier alpha value is -2.14. The lowest BCUT2D eigenvalue weighted by Crippen LogP contribution is -2.49. The molecule has 0 saturated carbocycles. The van der Waals surface area contributed by atoms with Crippen LogP contribution in [-0.4, -0.2) is 28.8 Å². The van der Waals surface area contributed by atoms with Gasteiger partial charge in [-0.1, -0.05) is 64.8 Å². The molecule has 0 bridgehead atoms. The molecule has 0 aliphatic carbocycles. The van der Waals surface area contributed by atoms with Gasteiger partial charge in [-0.05, 0) is 50.5 Å². The maximum Gasteiger partial charge on any atom is 0.242 e. The van der Waals surface area contributed by atoms with Crippen LogP contribution >= 0.6 is 15.9 Å². The summed E-state index contributed by atoms with van der Waals surface area (Å²) in [5.74, 6) is -0.177. The van der Waals surface area contributed by atoms with Crippen LogP contribution in [0.4, 0.5) is 0 Å². The molecule has 2 unspecified atom stereocenters. The van der Waals surface area contributed by atoms with Gasteiger partial charge >= 0.3 is 0 Å². The molecule has 28 heavy (non-hydrogen) atoms. The monoisotopic (exact) mass is 444 g/mol. The molecule has 2 aromatic carbocycles. The van der Waals surface area contributed by atoms with Gasteiger partial charge in [0.05, 0.1) is 6.42 Å². The molecule has 0 saturated heterocycles. The van der Waals surface area contributed by atoms with Crippen LogP contribution in [0.1, 0.15) is 43.9 Å². The lowest BCUT2D eigenvalue weighted by molar-refractivity contribution is -0.140. The molecule has 2 aromatic rings. The van der Waals surface area contributed by atoms with Crippen molar-refractivity contribution in [1.82, 2.24) is 10.2 Å². The Labute approximate surface area is 176 Å². The van der Waals surface area contributed by atoms with E-state index in [1.54, 1.807) is 11.8 Å². The Bertz CT molecular complexity index is 805. The first-order valence-electron chi connectivity index (χ1n) is 9.70. The Kier molecular flexibility index (Phi) is 8.24. The summed E-state index contributed by atoms with van der Waals surface area (Å²) < 4.78 is 0.983. The van der Waals surface area contributed by atoms with Crippen LogP contribution in [0.3, 0.4) is 0 Å². The molecule has 150 valence electrons. The number of nitrogens with one attached hydrogen (secondary N) is 1. The van der Waals surface area contributed by atoms with Gasteiger partial charge in [-0.15, -0.1) is 0 Å². The van der Waals surface area contributed by atoms with Crippen LogP contribution in [0.5, 0.6) is 0 Å². The standard InChI is InChI=1S/C23H29BrN2O2/c1-5-17(3)25-23(28)18(4)26(15-19-9-11-21(24)12-10-19)22(27)14-20-8-6-7-16(2)13-20/h6-13,17-18H,5,14-15H2,1-4H3,(H,25,28). The third kappa shape index (κ3) is 6.48. The molecule has 0 heterocycles. The van der Waals surface area contributed by atoms with E-state index in [1.807, 2.05) is 69.3 Å². The number of carbonyl (C=O) groups is 2. The number of benzene rings is 2. The van der Waals surface area contributed by atoms with E-state index in [1.165, 1.54) is 0 Å². The van der Waals surface area contributed by atoms with E-state index in [0.717, 1.165) is 27.6 Å². The van der Waals surface area contributed by atoms with Crippen molar-refractivity contribution >= 4 is 27.7 Å². The van der Waals surface area contributed by atoms with Crippen molar-refractivity contribution < 1.29 is 9.59 Å². The van der Waals surface area contributed by atoms with Crippen molar-refractivity contribution in [3.05, 3.63) is 69.7 Å². The van der Waals surface area contributed by atoms with Crippen molar-refractivity contribution in [3.8, 4) is 0 Å². The van der Waals surface area contributed by atoms with Crippen LogP contribution in [-0.2, 0) is 22.6 Å². The predicted molar refractivity (Wildman–Crippen MR) is 117 cm³/mol. The summed E-state index contributed by atoms with van der Waals surface area (Å²) in [6.07, 6.45) is 1.13. The second kappa shape index (κ2) is 10.4. The molecule has 0 aliphatic rings. The van der Waals surface area contributed by atoms with Crippen molar-refractivity contribution in [2.45, 2.75) is 59.2 Å². The fourth-order valence-corrected chi connectivity index (χ4v) is 3.20. The average molecular weight is 445 g/mol. The van der Waals surface area contributed by atoms with E-state index in [2.05, 4.69) is 21.2 Å². The minimum absolute atomic E-state index is 0.0553. The van der Waals surface area contributed by atoms with Gasteiger partial charge in [0.1, 0.15) is 6.04 Å². The van der Waals surface area contributed by atoms with Gasteiger partial charge in [0, 0.05) is 17.1 Å². The summed E-state index contributed by atoms with van der Waals surface area (Å²) in [6.45, 7) is 8.20. The maximum absolute atomic E-state index is 13.1. The largest absolute Gasteiger partial charge is 0.352 e. The zero-order valence-electron chi connectivity index (χ0n) is 17.0.